The molecule has 0 rings (SSSR count). The van der Waals surface area contributed by atoms with E-state index in [1.165, 1.54) is 0 Å². The molecular weight excluding hydrogens is 272 g/mol. The number of nitrogens with one attached hydrogen (secondary N) is 2. The first-order chi connectivity index (χ1) is 9.82. The van der Waals surface area contributed by atoms with E-state index in [0.29, 0.717) is 13.2 Å². The number of alkyl carbamates (subject to hydrolysis) is 1. The first kappa shape index (κ1) is 20.1. The van der Waals surface area contributed by atoms with E-state index in [9.17, 15) is 9.90 Å². The van der Waals surface area contributed by atoms with E-state index in [1.54, 1.807) is 7.11 Å². The third kappa shape index (κ3) is 11.5. The topological polar surface area (TPSA) is 79.8 Å². The molecule has 0 aliphatic carbocycles. The summed E-state index contributed by atoms with van der Waals surface area (Å²) >= 11 is 0. The van der Waals surface area contributed by atoms with E-state index in [0.717, 1.165) is 19.3 Å². The van der Waals surface area contributed by atoms with E-state index < -0.39 is 5.60 Å². The molecule has 126 valence electrons. The fourth-order valence-corrected chi connectivity index (χ4v) is 1.90. The molecule has 0 aromatic carbocycles. The van der Waals surface area contributed by atoms with E-state index in [4.69, 9.17) is 9.47 Å². The summed E-state index contributed by atoms with van der Waals surface area (Å²) in [5.41, 5.74) is -0.473. The predicted octanol–water partition coefficient (Wildman–Crippen LogP) is 1.67. The van der Waals surface area contributed by atoms with Gasteiger partial charge in [0.05, 0.1) is 13.2 Å². The van der Waals surface area contributed by atoms with Gasteiger partial charge < -0.3 is 25.2 Å². The molecule has 0 aliphatic rings. The number of aliphatic hydroxyl groups is 1. The van der Waals surface area contributed by atoms with E-state index in [2.05, 4.69) is 10.6 Å². The van der Waals surface area contributed by atoms with Gasteiger partial charge in [-0.25, -0.2) is 4.79 Å². The lowest BCUT2D eigenvalue weighted by Gasteiger charge is -2.23. The van der Waals surface area contributed by atoms with Gasteiger partial charge in [-0.3, -0.25) is 0 Å². The molecule has 0 saturated carbocycles. The van der Waals surface area contributed by atoms with E-state index >= 15 is 0 Å². The lowest BCUT2D eigenvalue weighted by Crippen LogP contribution is -2.43. The number of carbonyl (C=O) groups is 1. The van der Waals surface area contributed by atoms with Crippen LogP contribution < -0.4 is 10.6 Å². The Hall–Kier alpha value is -0.850. The van der Waals surface area contributed by atoms with Crippen molar-refractivity contribution in [3.05, 3.63) is 0 Å². The summed E-state index contributed by atoms with van der Waals surface area (Å²) in [5, 5.41) is 15.3. The molecule has 0 bridgehead atoms. The summed E-state index contributed by atoms with van der Waals surface area (Å²) in [7, 11) is 1.66. The van der Waals surface area contributed by atoms with Crippen molar-refractivity contribution in [2.75, 3.05) is 26.9 Å². The van der Waals surface area contributed by atoms with Crippen molar-refractivity contribution >= 4 is 6.09 Å². The summed E-state index contributed by atoms with van der Waals surface area (Å²) in [6.45, 7) is 8.81. The Kier molecular flexibility index (Phi) is 10.4. The minimum atomic E-state index is -0.473. The SMILES string of the molecule is CCC(CO)NC(CCCNC(=O)OC(C)(C)C)COC. The van der Waals surface area contributed by atoms with Crippen LogP contribution in [0.2, 0.25) is 0 Å². The largest absolute Gasteiger partial charge is 0.444 e. The fraction of sp³-hybridized carbons (Fsp3) is 0.933. The second-order valence-corrected chi connectivity index (χ2v) is 6.18. The number of aliphatic hydroxyl groups excluding tert-OH is 1. The van der Waals surface area contributed by atoms with Crippen LogP contribution in [0.3, 0.4) is 0 Å². The molecular formula is C15H32N2O4. The van der Waals surface area contributed by atoms with Crippen LogP contribution in [0.4, 0.5) is 4.79 Å². The molecule has 0 radical (unpaired) electrons. The number of rotatable bonds is 10. The summed E-state index contributed by atoms with van der Waals surface area (Å²) in [6, 6.07) is 0.261. The highest BCUT2D eigenvalue weighted by atomic mass is 16.6. The zero-order valence-electron chi connectivity index (χ0n) is 14.1. The number of hydrogen-bond donors (Lipinski definition) is 3. The molecule has 0 aromatic heterocycles. The van der Waals surface area contributed by atoms with Gasteiger partial charge in [0.15, 0.2) is 0 Å². The minimum absolute atomic E-state index is 0.0870. The highest BCUT2D eigenvalue weighted by Gasteiger charge is 2.16. The summed E-state index contributed by atoms with van der Waals surface area (Å²) in [5.74, 6) is 0. The van der Waals surface area contributed by atoms with Gasteiger partial charge in [0, 0.05) is 25.7 Å². The first-order valence-electron chi connectivity index (χ1n) is 7.65. The lowest BCUT2D eigenvalue weighted by atomic mass is 10.1. The normalized spacial score (nSPS) is 14.6. The minimum Gasteiger partial charge on any atom is -0.444 e. The van der Waals surface area contributed by atoms with Crippen molar-refractivity contribution in [2.45, 2.75) is 64.6 Å². The van der Waals surface area contributed by atoms with Crippen LogP contribution in [0.5, 0.6) is 0 Å². The highest BCUT2D eigenvalue weighted by Crippen LogP contribution is 2.06. The zero-order chi connectivity index (χ0) is 16.3. The maximum absolute atomic E-state index is 11.5. The molecule has 0 saturated heterocycles. The molecule has 6 nitrogen and oxygen atoms in total. The standard InChI is InChI=1S/C15H32N2O4/c1-6-12(10-18)17-13(11-20-5)8-7-9-16-14(19)21-15(2,3)4/h12-13,17-18H,6-11H2,1-5H3,(H,16,19). The van der Waals surface area contributed by atoms with Crippen molar-refractivity contribution in [3.63, 3.8) is 0 Å². The van der Waals surface area contributed by atoms with Crippen LogP contribution in [0.25, 0.3) is 0 Å². The van der Waals surface area contributed by atoms with Crippen molar-refractivity contribution in [2.24, 2.45) is 0 Å². The number of methoxy groups -OCH3 is 1. The Bertz CT molecular complexity index is 275. The smallest absolute Gasteiger partial charge is 0.407 e. The Balaban J connectivity index is 3.95. The second kappa shape index (κ2) is 10.8. The van der Waals surface area contributed by atoms with Gasteiger partial charge in [0.2, 0.25) is 0 Å². The number of ether oxygens (including phenoxy) is 2. The molecule has 6 heteroatoms. The molecule has 2 unspecified atom stereocenters. The van der Waals surface area contributed by atoms with Crippen LogP contribution in [-0.4, -0.2) is 55.8 Å². The fourth-order valence-electron chi connectivity index (χ4n) is 1.90. The number of amides is 1. The Morgan fingerprint density at radius 1 is 1.29 bits per heavy atom. The highest BCUT2D eigenvalue weighted by molar-refractivity contribution is 5.67. The van der Waals surface area contributed by atoms with Gasteiger partial charge in [-0.1, -0.05) is 6.92 Å². The molecule has 0 fully saturated rings. The van der Waals surface area contributed by atoms with E-state index in [1.807, 2.05) is 27.7 Å². The monoisotopic (exact) mass is 304 g/mol. The van der Waals surface area contributed by atoms with Crippen LogP contribution in [-0.2, 0) is 9.47 Å². The van der Waals surface area contributed by atoms with Crippen LogP contribution in [0.15, 0.2) is 0 Å². The van der Waals surface area contributed by atoms with Crippen LogP contribution in [0, 0.1) is 0 Å². The first-order valence-corrected chi connectivity index (χ1v) is 7.65. The average Bonchev–Trinajstić information content (AvgIpc) is 2.38. The Morgan fingerprint density at radius 3 is 2.43 bits per heavy atom. The van der Waals surface area contributed by atoms with Crippen molar-refractivity contribution < 1.29 is 19.4 Å². The maximum Gasteiger partial charge on any atom is 0.407 e. The third-order valence-electron chi connectivity index (χ3n) is 2.95. The van der Waals surface area contributed by atoms with Gasteiger partial charge in [-0.15, -0.1) is 0 Å². The average molecular weight is 304 g/mol. The predicted molar refractivity (Wildman–Crippen MR) is 83.4 cm³/mol. The second-order valence-electron chi connectivity index (χ2n) is 6.18. The molecule has 21 heavy (non-hydrogen) atoms. The zero-order valence-corrected chi connectivity index (χ0v) is 14.1. The van der Waals surface area contributed by atoms with Crippen molar-refractivity contribution in [3.8, 4) is 0 Å². The summed E-state index contributed by atoms with van der Waals surface area (Å²) < 4.78 is 10.3. The molecule has 0 spiro atoms. The van der Waals surface area contributed by atoms with Crippen molar-refractivity contribution in [1.29, 1.82) is 0 Å². The van der Waals surface area contributed by atoms with Gasteiger partial charge in [-0.2, -0.15) is 0 Å². The van der Waals surface area contributed by atoms with Gasteiger partial charge in [0.25, 0.3) is 0 Å². The molecule has 0 heterocycles. The van der Waals surface area contributed by atoms with Gasteiger partial charge in [0.1, 0.15) is 5.60 Å². The summed E-state index contributed by atoms with van der Waals surface area (Å²) in [6.07, 6.45) is 2.16. The molecule has 0 aliphatic heterocycles. The van der Waals surface area contributed by atoms with Gasteiger partial charge in [-0.05, 0) is 40.0 Å². The quantitative estimate of drug-likeness (QED) is 0.535. The number of carbonyl (C=O) groups excluding carboxylic acids is 1. The maximum atomic E-state index is 11.5. The number of hydrogen-bond acceptors (Lipinski definition) is 5. The van der Waals surface area contributed by atoms with E-state index in [-0.39, 0.29) is 24.8 Å². The molecule has 2 atom stereocenters. The van der Waals surface area contributed by atoms with Crippen molar-refractivity contribution in [1.82, 2.24) is 10.6 Å². The van der Waals surface area contributed by atoms with Gasteiger partial charge >= 0.3 is 6.09 Å². The molecule has 1 amide bonds. The lowest BCUT2D eigenvalue weighted by molar-refractivity contribution is 0.0526. The van der Waals surface area contributed by atoms with Crippen LogP contribution in [0.1, 0.15) is 47.0 Å². The third-order valence-corrected chi connectivity index (χ3v) is 2.95. The Morgan fingerprint density at radius 2 is 1.95 bits per heavy atom. The van der Waals surface area contributed by atoms with Crippen LogP contribution >= 0.6 is 0 Å². The molecule has 0 aromatic rings. The molecule has 3 N–H and O–H groups in total. The Labute approximate surface area is 128 Å². The summed E-state index contributed by atoms with van der Waals surface area (Å²) in [4.78, 5) is 11.5.